The van der Waals surface area contributed by atoms with Gasteiger partial charge >= 0.3 is 0 Å². The van der Waals surface area contributed by atoms with Gasteiger partial charge in [0, 0.05) is 51.1 Å². The van der Waals surface area contributed by atoms with Crippen LogP contribution in [0.4, 0.5) is 5.69 Å². The van der Waals surface area contributed by atoms with Crippen LogP contribution in [0.2, 0.25) is 0 Å². The molecular formula is C28H37N3O4. The maximum atomic E-state index is 13.5. The number of methoxy groups -OCH3 is 1. The third-order valence-corrected chi connectivity index (χ3v) is 7.06. The quantitative estimate of drug-likeness (QED) is 0.698. The maximum Gasteiger partial charge on any atom is 0.257 e. The zero-order valence-electron chi connectivity index (χ0n) is 21.2. The number of amides is 2. The van der Waals surface area contributed by atoms with Crippen molar-refractivity contribution < 1.29 is 19.1 Å². The predicted molar refractivity (Wildman–Crippen MR) is 137 cm³/mol. The Morgan fingerprint density at radius 1 is 1.11 bits per heavy atom. The van der Waals surface area contributed by atoms with E-state index in [-0.39, 0.29) is 29.9 Å². The first-order valence-corrected chi connectivity index (χ1v) is 12.5. The van der Waals surface area contributed by atoms with Gasteiger partial charge in [-0.15, -0.1) is 0 Å². The smallest absolute Gasteiger partial charge is 0.257 e. The number of fused-ring (bicyclic) bond motifs is 1. The van der Waals surface area contributed by atoms with Gasteiger partial charge in [-0.3, -0.25) is 14.5 Å². The Labute approximate surface area is 208 Å². The second-order valence-electron chi connectivity index (χ2n) is 10.0. The Balaban J connectivity index is 1.60. The van der Waals surface area contributed by atoms with Gasteiger partial charge in [0.2, 0.25) is 0 Å². The molecule has 0 saturated heterocycles. The van der Waals surface area contributed by atoms with Crippen molar-refractivity contribution in [2.45, 2.75) is 38.8 Å². The van der Waals surface area contributed by atoms with Crippen LogP contribution in [0.3, 0.4) is 0 Å². The molecule has 2 aromatic carbocycles. The van der Waals surface area contributed by atoms with Gasteiger partial charge in [-0.1, -0.05) is 25.1 Å². The first-order valence-electron chi connectivity index (χ1n) is 12.5. The molecule has 0 bridgehead atoms. The van der Waals surface area contributed by atoms with E-state index >= 15 is 0 Å². The molecule has 35 heavy (non-hydrogen) atoms. The summed E-state index contributed by atoms with van der Waals surface area (Å²) in [7, 11) is 3.50. The maximum absolute atomic E-state index is 13.5. The number of carbonyl (C=O) groups is 2. The molecule has 1 aliphatic heterocycles. The molecule has 7 nitrogen and oxygen atoms in total. The fourth-order valence-electron chi connectivity index (χ4n) is 4.61. The summed E-state index contributed by atoms with van der Waals surface area (Å²) in [6.45, 7) is 7.30. The first kappa shape index (κ1) is 25.2. The number of hydrogen-bond donors (Lipinski definition) is 1. The van der Waals surface area contributed by atoms with Crippen molar-refractivity contribution in [3.8, 4) is 5.75 Å². The minimum absolute atomic E-state index is 0.0809. The molecule has 7 heteroatoms. The highest BCUT2D eigenvalue weighted by atomic mass is 16.5. The zero-order chi connectivity index (χ0) is 24.9. The van der Waals surface area contributed by atoms with Gasteiger partial charge in [0.1, 0.15) is 12.4 Å². The number of nitrogens with one attached hydrogen (secondary N) is 1. The zero-order valence-corrected chi connectivity index (χ0v) is 21.2. The summed E-state index contributed by atoms with van der Waals surface area (Å²) in [4.78, 5) is 30.4. The summed E-state index contributed by atoms with van der Waals surface area (Å²) in [6, 6.07) is 14.5. The van der Waals surface area contributed by atoms with Gasteiger partial charge in [-0.25, -0.2) is 0 Å². The molecule has 1 fully saturated rings. The Bertz CT molecular complexity index is 1020. The average molecular weight is 480 g/mol. The van der Waals surface area contributed by atoms with Crippen LogP contribution in [0.1, 0.15) is 47.4 Å². The number of nitrogens with zero attached hydrogens (tertiary/aromatic N) is 2. The van der Waals surface area contributed by atoms with E-state index in [0.717, 1.165) is 19.0 Å². The molecule has 188 valence electrons. The second-order valence-corrected chi connectivity index (χ2v) is 10.0. The number of benzene rings is 2. The fraction of sp³-hybridized carbons (Fsp3) is 0.500. The van der Waals surface area contributed by atoms with E-state index in [9.17, 15) is 9.59 Å². The van der Waals surface area contributed by atoms with Crippen molar-refractivity contribution in [3.63, 3.8) is 0 Å². The Hall–Kier alpha value is -2.90. The van der Waals surface area contributed by atoms with Crippen LogP contribution < -0.4 is 10.1 Å². The minimum Gasteiger partial charge on any atom is -0.491 e. The number of likely N-dealkylation sites (N-methyl/N-ethyl adjacent to an activating group) is 1. The highest BCUT2D eigenvalue weighted by Gasteiger charge is 2.31. The van der Waals surface area contributed by atoms with E-state index in [1.807, 2.05) is 18.2 Å². The van der Waals surface area contributed by atoms with Crippen LogP contribution in [-0.2, 0) is 4.74 Å². The number of rotatable bonds is 5. The van der Waals surface area contributed by atoms with Gasteiger partial charge in [-0.2, -0.15) is 0 Å². The van der Waals surface area contributed by atoms with Crippen LogP contribution in [0.5, 0.6) is 5.75 Å². The summed E-state index contributed by atoms with van der Waals surface area (Å²) < 4.78 is 12.1. The molecule has 0 aromatic heterocycles. The molecule has 1 saturated carbocycles. The molecule has 2 aliphatic rings. The third-order valence-electron chi connectivity index (χ3n) is 7.06. The Kier molecular flexibility index (Phi) is 8.08. The standard InChI is InChI=1S/C28H37N3O4/c1-19-15-31(16-21-10-11-21)20(2)18-35-25-13-12-23(29-27(32)22-8-6-5-7-9-22)14-24(25)28(33)30(3)17-26(19)34-4/h5-9,12-14,19-21,26H,10-11,15-18H2,1-4H3,(H,29,32)/t19-,20+,26-/m1/s1. The predicted octanol–water partition coefficient (Wildman–Crippen LogP) is 4.15. The number of hydrogen-bond acceptors (Lipinski definition) is 5. The lowest BCUT2D eigenvalue weighted by atomic mass is 10.0. The molecule has 1 heterocycles. The molecule has 0 spiro atoms. The average Bonchev–Trinajstić information content (AvgIpc) is 3.69. The Morgan fingerprint density at radius 3 is 2.54 bits per heavy atom. The lowest BCUT2D eigenvalue weighted by molar-refractivity contribution is 0.00994. The molecule has 2 aromatic rings. The molecule has 3 atom stereocenters. The summed E-state index contributed by atoms with van der Waals surface area (Å²) >= 11 is 0. The lowest BCUT2D eigenvalue weighted by Crippen LogP contribution is -2.47. The van der Waals surface area contributed by atoms with Crippen LogP contribution in [0.15, 0.2) is 48.5 Å². The van der Waals surface area contributed by atoms with E-state index in [1.54, 1.807) is 49.4 Å². The van der Waals surface area contributed by atoms with Crippen molar-refractivity contribution in [1.82, 2.24) is 9.80 Å². The molecule has 0 radical (unpaired) electrons. The van der Waals surface area contributed by atoms with Crippen molar-refractivity contribution >= 4 is 17.5 Å². The van der Waals surface area contributed by atoms with Gasteiger partial charge in [0.15, 0.2) is 0 Å². The second kappa shape index (κ2) is 11.2. The summed E-state index contributed by atoms with van der Waals surface area (Å²) in [5.41, 5.74) is 1.54. The van der Waals surface area contributed by atoms with E-state index < -0.39 is 0 Å². The minimum atomic E-state index is -0.224. The van der Waals surface area contributed by atoms with Gasteiger partial charge in [-0.05, 0) is 61.9 Å². The molecule has 1 N–H and O–H groups in total. The fourth-order valence-corrected chi connectivity index (χ4v) is 4.61. The van der Waals surface area contributed by atoms with Crippen LogP contribution in [0, 0.1) is 11.8 Å². The highest BCUT2D eigenvalue weighted by molar-refractivity contribution is 6.05. The molecule has 2 amide bonds. The van der Waals surface area contributed by atoms with E-state index in [1.165, 1.54) is 12.8 Å². The lowest BCUT2D eigenvalue weighted by Gasteiger charge is -2.36. The van der Waals surface area contributed by atoms with Crippen molar-refractivity contribution in [3.05, 3.63) is 59.7 Å². The summed E-state index contributed by atoms with van der Waals surface area (Å²) in [6.07, 6.45) is 2.51. The molecule has 4 rings (SSSR count). The highest BCUT2D eigenvalue weighted by Crippen LogP contribution is 2.32. The van der Waals surface area contributed by atoms with Crippen LogP contribution in [-0.4, -0.2) is 74.2 Å². The van der Waals surface area contributed by atoms with E-state index in [4.69, 9.17) is 9.47 Å². The topological polar surface area (TPSA) is 71.1 Å². The SMILES string of the molecule is CO[C@@H]1CN(C)C(=O)c2cc(NC(=O)c3ccccc3)ccc2OC[C@H](C)N(CC2CC2)C[C@H]1C. The van der Waals surface area contributed by atoms with Gasteiger partial charge < -0.3 is 19.7 Å². The largest absolute Gasteiger partial charge is 0.491 e. The molecule has 1 aliphatic carbocycles. The van der Waals surface area contributed by atoms with E-state index in [2.05, 4.69) is 24.1 Å². The molecule has 0 unspecified atom stereocenters. The summed E-state index contributed by atoms with van der Waals surface area (Å²) in [5, 5.41) is 2.90. The number of ether oxygens (including phenoxy) is 2. The normalized spacial score (nSPS) is 24.1. The van der Waals surface area contributed by atoms with Crippen LogP contribution >= 0.6 is 0 Å². The molecular weight excluding hydrogens is 442 g/mol. The third kappa shape index (κ3) is 6.41. The van der Waals surface area contributed by atoms with Gasteiger partial charge in [0.25, 0.3) is 11.8 Å². The van der Waals surface area contributed by atoms with Crippen molar-refractivity contribution in [2.24, 2.45) is 11.8 Å². The van der Waals surface area contributed by atoms with Crippen molar-refractivity contribution in [1.29, 1.82) is 0 Å². The number of carbonyl (C=O) groups excluding carboxylic acids is 2. The number of anilines is 1. The Morgan fingerprint density at radius 2 is 1.86 bits per heavy atom. The van der Waals surface area contributed by atoms with Gasteiger partial charge in [0.05, 0.1) is 11.7 Å². The van der Waals surface area contributed by atoms with E-state index in [0.29, 0.717) is 35.7 Å². The monoisotopic (exact) mass is 479 g/mol. The first-order chi connectivity index (χ1) is 16.9. The summed E-state index contributed by atoms with van der Waals surface area (Å²) in [5.74, 6) is 1.17. The van der Waals surface area contributed by atoms with Crippen molar-refractivity contribution in [2.75, 3.05) is 45.7 Å². The van der Waals surface area contributed by atoms with Crippen LogP contribution in [0.25, 0.3) is 0 Å².